The van der Waals surface area contributed by atoms with Gasteiger partial charge in [-0.05, 0) is 49.1 Å². The van der Waals surface area contributed by atoms with E-state index < -0.39 is 0 Å². The summed E-state index contributed by atoms with van der Waals surface area (Å²) in [5, 5.41) is -0.102. The van der Waals surface area contributed by atoms with Crippen molar-refractivity contribution in [3.8, 4) is 0 Å². The maximum atomic E-state index is 11.2. The second-order valence-corrected chi connectivity index (χ2v) is 4.96. The van der Waals surface area contributed by atoms with E-state index in [4.69, 9.17) is 11.6 Å². The minimum Gasteiger partial charge on any atom is -0.281 e. The maximum absolute atomic E-state index is 11.2. The van der Waals surface area contributed by atoms with Crippen LogP contribution in [0.3, 0.4) is 0 Å². The lowest BCUT2D eigenvalue weighted by Gasteiger charge is -2.64. The molecule has 0 aliphatic heterocycles. The van der Waals surface area contributed by atoms with Crippen LogP contribution >= 0.6 is 11.6 Å². The number of rotatable bonds is 1. The lowest BCUT2D eigenvalue weighted by molar-refractivity contribution is -0.139. The van der Waals surface area contributed by atoms with E-state index in [1.165, 1.54) is 12.8 Å². The van der Waals surface area contributed by atoms with Crippen LogP contribution in [0.4, 0.5) is 0 Å². The van der Waals surface area contributed by atoms with E-state index in [0.717, 1.165) is 19.3 Å². The molecule has 0 amide bonds. The molecule has 0 aromatic heterocycles. The molecule has 4 aliphatic carbocycles. The Bertz CT molecular complexity index is 297. The van der Waals surface area contributed by atoms with E-state index in [1.807, 2.05) is 0 Å². The van der Waals surface area contributed by atoms with Gasteiger partial charge >= 0.3 is 0 Å². The molecule has 0 unspecified atom stereocenters. The second-order valence-electron chi connectivity index (χ2n) is 4.62. The third-order valence-electron chi connectivity index (χ3n) is 4.06. The van der Waals surface area contributed by atoms with Crippen LogP contribution in [0.1, 0.15) is 32.1 Å². The molecule has 12 heavy (non-hydrogen) atoms. The highest BCUT2D eigenvalue weighted by Crippen LogP contribution is 2.71. The average Bonchev–Trinajstić information content (AvgIpc) is 1.88. The Morgan fingerprint density at radius 2 is 2.25 bits per heavy atom. The zero-order valence-electron chi connectivity index (χ0n) is 6.90. The van der Waals surface area contributed by atoms with Crippen LogP contribution in [0.2, 0.25) is 0 Å². The van der Waals surface area contributed by atoms with Gasteiger partial charge in [0.05, 0.1) is 0 Å². The molecular formula is C10H11ClO. The van der Waals surface area contributed by atoms with Crippen molar-refractivity contribution in [2.45, 2.75) is 32.1 Å². The first-order valence-corrected chi connectivity index (χ1v) is 4.94. The summed E-state index contributed by atoms with van der Waals surface area (Å²) in [6, 6.07) is 0. The van der Waals surface area contributed by atoms with E-state index in [-0.39, 0.29) is 10.7 Å². The molecule has 0 atom stereocenters. The van der Waals surface area contributed by atoms with Gasteiger partial charge < -0.3 is 0 Å². The molecule has 2 bridgehead atoms. The third kappa shape index (κ3) is 0.576. The Morgan fingerprint density at radius 3 is 2.67 bits per heavy atom. The molecule has 2 heteroatoms. The predicted octanol–water partition coefficient (Wildman–Crippen LogP) is 2.64. The zero-order valence-corrected chi connectivity index (χ0v) is 7.66. The number of hydrogen-bond acceptors (Lipinski definition) is 1. The number of carbonyl (C=O) groups excluding carboxylic acids is 1. The highest BCUT2D eigenvalue weighted by molar-refractivity contribution is 6.64. The first-order valence-electron chi connectivity index (χ1n) is 4.56. The Balaban J connectivity index is 1.98. The van der Waals surface area contributed by atoms with Gasteiger partial charge in [-0.15, -0.1) is 0 Å². The zero-order chi connectivity index (χ0) is 8.40. The van der Waals surface area contributed by atoms with Gasteiger partial charge in [0.1, 0.15) is 0 Å². The van der Waals surface area contributed by atoms with Crippen LogP contribution in [-0.2, 0) is 4.79 Å². The summed E-state index contributed by atoms with van der Waals surface area (Å²) in [5.74, 6) is 0. The van der Waals surface area contributed by atoms with Gasteiger partial charge in [-0.3, -0.25) is 4.79 Å². The highest BCUT2D eigenvalue weighted by atomic mass is 35.5. The summed E-state index contributed by atoms with van der Waals surface area (Å²) in [7, 11) is 0. The van der Waals surface area contributed by atoms with Crippen LogP contribution in [0.25, 0.3) is 0 Å². The van der Waals surface area contributed by atoms with Crippen molar-refractivity contribution in [3.63, 3.8) is 0 Å². The SMILES string of the molecule is O=C(Cl)C12CC=C3CCC3(C1)C2. The van der Waals surface area contributed by atoms with E-state index in [1.54, 1.807) is 5.57 Å². The number of fused-ring (bicyclic) bond motifs is 1. The summed E-state index contributed by atoms with van der Waals surface area (Å²) in [5.41, 5.74) is 1.94. The van der Waals surface area contributed by atoms with Crippen molar-refractivity contribution >= 4 is 16.8 Å². The third-order valence-corrected chi connectivity index (χ3v) is 4.46. The average molecular weight is 183 g/mol. The van der Waals surface area contributed by atoms with E-state index in [0.29, 0.717) is 5.41 Å². The van der Waals surface area contributed by atoms with Gasteiger partial charge in [-0.2, -0.15) is 0 Å². The Kier molecular flexibility index (Phi) is 1.07. The van der Waals surface area contributed by atoms with E-state index in [9.17, 15) is 4.79 Å². The molecule has 0 N–H and O–H groups in total. The molecule has 4 rings (SSSR count). The summed E-state index contributed by atoms with van der Waals surface area (Å²) in [6.07, 6.45) is 7.84. The van der Waals surface area contributed by atoms with Crippen LogP contribution in [0.5, 0.6) is 0 Å². The lowest BCUT2D eigenvalue weighted by atomic mass is 9.40. The summed E-state index contributed by atoms with van der Waals surface area (Å²) in [4.78, 5) is 11.2. The monoisotopic (exact) mass is 182 g/mol. The predicted molar refractivity (Wildman–Crippen MR) is 46.9 cm³/mol. The molecule has 64 valence electrons. The topological polar surface area (TPSA) is 17.1 Å². The van der Waals surface area contributed by atoms with Crippen molar-refractivity contribution in [1.82, 2.24) is 0 Å². The fourth-order valence-corrected chi connectivity index (χ4v) is 3.48. The first kappa shape index (κ1) is 7.14. The van der Waals surface area contributed by atoms with Gasteiger partial charge in [-0.25, -0.2) is 0 Å². The normalized spacial score (nSPS) is 48.2. The standard InChI is InChI=1S/C10H11ClO/c11-8(12)10-4-2-7-1-3-9(7,5-10)6-10/h2H,1,3-6H2. The maximum Gasteiger partial charge on any atom is 0.228 e. The Hall–Kier alpha value is -0.300. The molecule has 1 nitrogen and oxygen atoms in total. The van der Waals surface area contributed by atoms with Gasteiger partial charge in [-0.1, -0.05) is 11.6 Å². The van der Waals surface area contributed by atoms with Gasteiger partial charge in [0, 0.05) is 5.41 Å². The molecule has 4 aliphatic rings. The summed E-state index contributed by atoms with van der Waals surface area (Å²) >= 11 is 5.60. The molecule has 0 saturated heterocycles. The van der Waals surface area contributed by atoms with Gasteiger partial charge in [0.2, 0.25) is 5.24 Å². The van der Waals surface area contributed by atoms with Crippen LogP contribution in [0.15, 0.2) is 11.6 Å². The smallest absolute Gasteiger partial charge is 0.228 e. The molecule has 2 saturated carbocycles. The minimum atomic E-state index is -0.133. The Morgan fingerprint density at radius 1 is 1.50 bits per heavy atom. The molecule has 1 spiro atoms. The fraction of sp³-hybridized carbons (Fsp3) is 0.700. The number of hydrogen-bond donors (Lipinski definition) is 0. The number of allylic oxidation sites excluding steroid dienone is 2. The number of halogens is 1. The molecule has 0 aromatic carbocycles. The highest BCUT2D eigenvalue weighted by Gasteiger charge is 2.64. The quantitative estimate of drug-likeness (QED) is 0.450. The van der Waals surface area contributed by atoms with E-state index in [2.05, 4.69) is 6.08 Å². The summed E-state index contributed by atoms with van der Waals surface area (Å²) < 4.78 is 0. The fourth-order valence-electron chi connectivity index (χ4n) is 3.27. The van der Waals surface area contributed by atoms with Crippen LogP contribution < -0.4 is 0 Å². The van der Waals surface area contributed by atoms with Crippen LogP contribution in [-0.4, -0.2) is 5.24 Å². The second kappa shape index (κ2) is 1.79. The van der Waals surface area contributed by atoms with Crippen molar-refractivity contribution in [2.24, 2.45) is 10.8 Å². The minimum absolute atomic E-state index is 0.102. The number of carbonyl (C=O) groups is 1. The molecule has 2 fully saturated rings. The van der Waals surface area contributed by atoms with Crippen molar-refractivity contribution < 1.29 is 4.79 Å². The van der Waals surface area contributed by atoms with Gasteiger partial charge in [0.15, 0.2) is 0 Å². The molecular weight excluding hydrogens is 172 g/mol. The molecule has 0 aromatic rings. The first-order chi connectivity index (χ1) is 5.67. The largest absolute Gasteiger partial charge is 0.281 e. The van der Waals surface area contributed by atoms with Crippen molar-refractivity contribution in [3.05, 3.63) is 11.6 Å². The Labute approximate surface area is 76.8 Å². The lowest BCUT2D eigenvalue weighted by Crippen LogP contribution is -2.57. The van der Waals surface area contributed by atoms with Gasteiger partial charge in [0.25, 0.3) is 0 Å². The van der Waals surface area contributed by atoms with Crippen LogP contribution in [0, 0.1) is 10.8 Å². The van der Waals surface area contributed by atoms with E-state index >= 15 is 0 Å². The molecule has 0 heterocycles. The molecule has 0 radical (unpaired) electrons. The summed E-state index contributed by atoms with van der Waals surface area (Å²) in [6.45, 7) is 0. The van der Waals surface area contributed by atoms with Crippen molar-refractivity contribution in [2.75, 3.05) is 0 Å². The van der Waals surface area contributed by atoms with Crippen molar-refractivity contribution in [1.29, 1.82) is 0 Å².